The van der Waals surface area contributed by atoms with Crippen LogP contribution < -0.4 is 0 Å². The van der Waals surface area contributed by atoms with Crippen LogP contribution in [0.4, 0.5) is 0 Å². The Morgan fingerprint density at radius 1 is 1.29 bits per heavy atom. The van der Waals surface area contributed by atoms with Gasteiger partial charge in [-0.25, -0.2) is 14.6 Å². The lowest BCUT2D eigenvalue weighted by Crippen LogP contribution is -2.37. The third kappa shape index (κ3) is 2.24. The number of hydrogen-bond donors (Lipinski definition) is 0. The van der Waals surface area contributed by atoms with Gasteiger partial charge in [0.05, 0.1) is 28.8 Å². The Morgan fingerprint density at radius 2 is 2.24 bits per heavy atom. The highest BCUT2D eigenvalue weighted by atomic mass is 32.1. The van der Waals surface area contributed by atoms with E-state index in [4.69, 9.17) is 0 Å². The standard InChI is InChI=1S/C15H17N5S/c1-2-13(11-3-4-14-12(7-11)17-10-21-14)19-5-6-20-15(8-19)16-9-18-20/h3-4,7,9-10,13H,2,5-6,8H2,1H3. The summed E-state index contributed by atoms with van der Waals surface area (Å²) < 4.78 is 3.26. The van der Waals surface area contributed by atoms with Gasteiger partial charge in [0.15, 0.2) is 0 Å². The molecule has 0 radical (unpaired) electrons. The van der Waals surface area contributed by atoms with E-state index in [0.717, 1.165) is 37.4 Å². The van der Waals surface area contributed by atoms with Gasteiger partial charge in [-0.2, -0.15) is 5.10 Å². The average Bonchev–Trinajstić information content (AvgIpc) is 3.15. The van der Waals surface area contributed by atoms with Crippen molar-refractivity contribution in [3.05, 3.63) is 41.4 Å². The Kier molecular flexibility index (Phi) is 3.20. The molecule has 0 fully saturated rings. The highest BCUT2D eigenvalue weighted by Crippen LogP contribution is 2.30. The van der Waals surface area contributed by atoms with Crippen molar-refractivity contribution >= 4 is 21.6 Å². The molecule has 0 saturated heterocycles. The van der Waals surface area contributed by atoms with Crippen LogP contribution in [0.2, 0.25) is 0 Å². The van der Waals surface area contributed by atoms with Crippen LogP contribution in [-0.4, -0.2) is 31.2 Å². The first-order chi connectivity index (χ1) is 10.3. The highest BCUT2D eigenvalue weighted by Gasteiger charge is 2.25. The van der Waals surface area contributed by atoms with Gasteiger partial charge >= 0.3 is 0 Å². The van der Waals surface area contributed by atoms with Crippen molar-refractivity contribution in [2.75, 3.05) is 6.54 Å². The van der Waals surface area contributed by atoms with Crippen LogP contribution in [0.25, 0.3) is 10.2 Å². The largest absolute Gasteiger partial charge is 0.287 e. The molecule has 1 atom stereocenters. The number of fused-ring (bicyclic) bond motifs is 2. The van der Waals surface area contributed by atoms with E-state index < -0.39 is 0 Å². The number of benzene rings is 1. The highest BCUT2D eigenvalue weighted by molar-refractivity contribution is 7.16. The van der Waals surface area contributed by atoms with Gasteiger partial charge in [-0.1, -0.05) is 13.0 Å². The van der Waals surface area contributed by atoms with E-state index in [-0.39, 0.29) is 0 Å². The molecule has 1 unspecified atom stereocenters. The van der Waals surface area contributed by atoms with E-state index in [2.05, 4.69) is 45.1 Å². The Hall–Kier alpha value is -1.79. The van der Waals surface area contributed by atoms with Gasteiger partial charge in [0.25, 0.3) is 0 Å². The molecule has 5 nitrogen and oxygen atoms in total. The molecule has 21 heavy (non-hydrogen) atoms. The molecule has 2 aromatic heterocycles. The molecule has 3 aromatic rings. The molecule has 0 saturated carbocycles. The van der Waals surface area contributed by atoms with Crippen LogP contribution in [0.15, 0.2) is 30.0 Å². The minimum absolute atomic E-state index is 0.418. The van der Waals surface area contributed by atoms with Gasteiger partial charge in [0.1, 0.15) is 12.2 Å². The van der Waals surface area contributed by atoms with Crippen molar-refractivity contribution < 1.29 is 0 Å². The summed E-state index contributed by atoms with van der Waals surface area (Å²) in [6, 6.07) is 7.09. The molecule has 6 heteroatoms. The molecular weight excluding hydrogens is 282 g/mol. The lowest BCUT2D eigenvalue weighted by atomic mass is 10.0. The topological polar surface area (TPSA) is 46.8 Å². The molecular formula is C15H17N5S. The van der Waals surface area contributed by atoms with Crippen LogP contribution in [0.1, 0.15) is 30.8 Å². The minimum Gasteiger partial charge on any atom is -0.287 e. The summed E-state index contributed by atoms with van der Waals surface area (Å²) in [6.07, 6.45) is 2.74. The van der Waals surface area contributed by atoms with Crippen LogP contribution in [0.5, 0.6) is 0 Å². The van der Waals surface area contributed by atoms with E-state index in [1.54, 1.807) is 17.7 Å². The number of thiazole rings is 1. The minimum atomic E-state index is 0.418. The molecule has 0 spiro atoms. The Labute approximate surface area is 127 Å². The van der Waals surface area contributed by atoms with E-state index >= 15 is 0 Å². The maximum absolute atomic E-state index is 4.44. The maximum atomic E-state index is 4.44. The zero-order valence-electron chi connectivity index (χ0n) is 11.9. The first-order valence-corrected chi connectivity index (χ1v) is 8.17. The molecule has 1 aliphatic heterocycles. The second kappa shape index (κ2) is 5.20. The van der Waals surface area contributed by atoms with Crippen molar-refractivity contribution in [2.45, 2.75) is 32.5 Å². The summed E-state index contributed by atoms with van der Waals surface area (Å²) in [6.45, 7) is 5.05. The number of nitrogens with zero attached hydrogens (tertiary/aromatic N) is 5. The molecule has 0 bridgehead atoms. The molecule has 3 heterocycles. The van der Waals surface area contributed by atoms with Gasteiger partial charge in [-0.15, -0.1) is 11.3 Å². The van der Waals surface area contributed by atoms with Gasteiger partial charge in [0, 0.05) is 12.6 Å². The smallest absolute Gasteiger partial charge is 0.141 e. The van der Waals surface area contributed by atoms with Crippen molar-refractivity contribution in [1.29, 1.82) is 0 Å². The Balaban J connectivity index is 1.65. The predicted molar refractivity (Wildman–Crippen MR) is 83.1 cm³/mol. The molecule has 1 aliphatic rings. The van der Waals surface area contributed by atoms with Crippen LogP contribution in [0.3, 0.4) is 0 Å². The van der Waals surface area contributed by atoms with E-state index in [1.165, 1.54) is 10.3 Å². The second-order valence-electron chi connectivity index (χ2n) is 5.37. The van der Waals surface area contributed by atoms with Gasteiger partial charge in [-0.3, -0.25) is 4.90 Å². The summed E-state index contributed by atoms with van der Waals surface area (Å²) >= 11 is 1.70. The van der Waals surface area contributed by atoms with E-state index in [9.17, 15) is 0 Å². The second-order valence-corrected chi connectivity index (χ2v) is 6.26. The molecule has 0 amide bonds. The lowest BCUT2D eigenvalue weighted by molar-refractivity contribution is 0.143. The van der Waals surface area contributed by atoms with Crippen LogP contribution in [-0.2, 0) is 13.1 Å². The zero-order valence-corrected chi connectivity index (χ0v) is 12.8. The molecule has 108 valence electrons. The summed E-state index contributed by atoms with van der Waals surface area (Å²) in [4.78, 5) is 11.3. The Morgan fingerprint density at radius 3 is 3.14 bits per heavy atom. The zero-order chi connectivity index (χ0) is 14.2. The summed E-state index contributed by atoms with van der Waals surface area (Å²) in [5.74, 6) is 1.06. The third-order valence-electron chi connectivity index (χ3n) is 4.21. The third-order valence-corrected chi connectivity index (χ3v) is 5.02. The van der Waals surface area contributed by atoms with Crippen LogP contribution in [0, 0.1) is 0 Å². The molecule has 0 N–H and O–H groups in total. The lowest BCUT2D eigenvalue weighted by Gasteiger charge is -2.34. The number of rotatable bonds is 3. The van der Waals surface area contributed by atoms with Gasteiger partial charge in [-0.05, 0) is 24.1 Å². The summed E-state index contributed by atoms with van der Waals surface area (Å²) in [5, 5.41) is 4.25. The van der Waals surface area contributed by atoms with Crippen molar-refractivity contribution in [3.8, 4) is 0 Å². The first-order valence-electron chi connectivity index (χ1n) is 7.29. The van der Waals surface area contributed by atoms with Crippen LogP contribution >= 0.6 is 11.3 Å². The fourth-order valence-electron chi connectivity index (χ4n) is 3.13. The monoisotopic (exact) mass is 299 g/mol. The van der Waals surface area contributed by atoms with E-state index in [0.29, 0.717) is 6.04 Å². The van der Waals surface area contributed by atoms with Crippen molar-refractivity contribution in [2.24, 2.45) is 0 Å². The predicted octanol–water partition coefficient (Wildman–Crippen LogP) is 2.85. The number of hydrogen-bond acceptors (Lipinski definition) is 5. The maximum Gasteiger partial charge on any atom is 0.141 e. The van der Waals surface area contributed by atoms with Gasteiger partial charge < -0.3 is 0 Å². The SMILES string of the molecule is CCC(c1ccc2scnc2c1)N1CCn2ncnc2C1. The summed E-state index contributed by atoms with van der Waals surface area (Å²) in [5.41, 5.74) is 4.37. The molecule has 4 rings (SSSR count). The fraction of sp³-hybridized carbons (Fsp3) is 0.400. The average molecular weight is 299 g/mol. The van der Waals surface area contributed by atoms with Crippen molar-refractivity contribution in [3.63, 3.8) is 0 Å². The first kappa shape index (κ1) is 12.9. The van der Waals surface area contributed by atoms with Crippen molar-refractivity contribution in [1.82, 2.24) is 24.6 Å². The molecule has 0 aliphatic carbocycles. The van der Waals surface area contributed by atoms with Gasteiger partial charge in [0.2, 0.25) is 0 Å². The molecule has 1 aromatic carbocycles. The number of aromatic nitrogens is 4. The normalized spacial score (nSPS) is 17.0. The van der Waals surface area contributed by atoms with E-state index in [1.807, 2.05) is 10.2 Å². The summed E-state index contributed by atoms with van der Waals surface area (Å²) in [7, 11) is 0. The quantitative estimate of drug-likeness (QED) is 0.746. The Bertz CT molecular complexity index is 762. The fourth-order valence-corrected chi connectivity index (χ4v) is 3.79.